The summed E-state index contributed by atoms with van der Waals surface area (Å²) < 4.78 is 0.911. The quantitative estimate of drug-likeness (QED) is 0.829. The molecule has 0 spiro atoms. The zero-order valence-electron chi connectivity index (χ0n) is 12.1. The maximum atomic E-state index is 12.7. The molecule has 0 saturated heterocycles. The number of nitrogens with two attached hydrogens (primary N) is 1. The number of amides is 1. The van der Waals surface area contributed by atoms with Crippen LogP contribution in [0.1, 0.15) is 29.3 Å². The van der Waals surface area contributed by atoms with Gasteiger partial charge in [0.2, 0.25) is 0 Å². The van der Waals surface area contributed by atoms with Gasteiger partial charge in [0.25, 0.3) is 5.91 Å². The Hall–Kier alpha value is -1.81. The summed E-state index contributed by atoms with van der Waals surface area (Å²) in [5.41, 5.74) is 8.27. The number of anilines is 1. The van der Waals surface area contributed by atoms with Gasteiger partial charge < -0.3 is 10.6 Å². The van der Waals surface area contributed by atoms with Crippen molar-refractivity contribution in [1.29, 1.82) is 0 Å². The number of carbonyl (C=O) groups is 1. The molecular weight excluding hydrogens is 328 g/mol. The van der Waals surface area contributed by atoms with Crippen LogP contribution in [0.2, 0.25) is 0 Å². The van der Waals surface area contributed by atoms with Crippen LogP contribution < -0.4 is 5.73 Å². The lowest BCUT2D eigenvalue weighted by molar-refractivity contribution is 0.0743. The van der Waals surface area contributed by atoms with Crippen molar-refractivity contribution in [3.05, 3.63) is 64.1 Å². The van der Waals surface area contributed by atoms with Crippen molar-refractivity contribution in [2.24, 2.45) is 0 Å². The number of hydrogen-bond donors (Lipinski definition) is 1. The molecule has 21 heavy (non-hydrogen) atoms. The van der Waals surface area contributed by atoms with Gasteiger partial charge in [0, 0.05) is 28.8 Å². The smallest absolute Gasteiger partial charge is 0.254 e. The third-order valence-electron chi connectivity index (χ3n) is 3.18. The summed E-state index contributed by atoms with van der Waals surface area (Å²) >= 11 is 3.41. The molecular formula is C17H19BrN2O. The van der Waals surface area contributed by atoms with E-state index in [9.17, 15) is 4.79 Å². The summed E-state index contributed by atoms with van der Waals surface area (Å²) in [5.74, 6) is 0.0422. The Morgan fingerprint density at radius 3 is 2.62 bits per heavy atom. The third kappa shape index (κ3) is 4.33. The predicted molar refractivity (Wildman–Crippen MR) is 90.0 cm³/mol. The van der Waals surface area contributed by atoms with Crippen molar-refractivity contribution < 1.29 is 4.79 Å². The topological polar surface area (TPSA) is 46.3 Å². The van der Waals surface area contributed by atoms with Gasteiger partial charge in [-0.15, -0.1) is 0 Å². The number of hydrogen-bond acceptors (Lipinski definition) is 2. The molecule has 0 saturated carbocycles. The van der Waals surface area contributed by atoms with Gasteiger partial charge in [-0.3, -0.25) is 4.79 Å². The van der Waals surface area contributed by atoms with E-state index in [2.05, 4.69) is 22.9 Å². The molecule has 0 aliphatic rings. The maximum Gasteiger partial charge on any atom is 0.254 e. The first-order valence-electron chi connectivity index (χ1n) is 6.99. The van der Waals surface area contributed by atoms with Crippen molar-refractivity contribution in [3.8, 4) is 0 Å². The zero-order chi connectivity index (χ0) is 15.2. The molecule has 2 rings (SSSR count). The van der Waals surface area contributed by atoms with Gasteiger partial charge in [-0.1, -0.05) is 41.1 Å². The van der Waals surface area contributed by atoms with Crippen LogP contribution in [0.4, 0.5) is 5.69 Å². The molecule has 0 atom stereocenters. The highest BCUT2D eigenvalue weighted by atomic mass is 79.9. The Bertz CT molecular complexity index is 628. The first-order chi connectivity index (χ1) is 10.1. The Labute approximate surface area is 133 Å². The van der Waals surface area contributed by atoms with Gasteiger partial charge >= 0.3 is 0 Å². The summed E-state index contributed by atoms with van der Waals surface area (Å²) in [6.07, 6.45) is 0.919. The fourth-order valence-corrected chi connectivity index (χ4v) is 2.64. The minimum absolute atomic E-state index is 0.0422. The fraction of sp³-hybridized carbons (Fsp3) is 0.235. The highest BCUT2D eigenvalue weighted by Crippen LogP contribution is 2.16. The summed E-state index contributed by atoms with van der Waals surface area (Å²) in [5, 5.41) is 0. The molecule has 2 aromatic rings. The van der Waals surface area contributed by atoms with E-state index in [0.717, 1.165) is 28.7 Å². The van der Waals surface area contributed by atoms with Gasteiger partial charge in [-0.25, -0.2) is 0 Å². The number of halogens is 1. The molecule has 0 aliphatic heterocycles. The Morgan fingerprint density at radius 1 is 1.19 bits per heavy atom. The van der Waals surface area contributed by atoms with Gasteiger partial charge in [0.1, 0.15) is 0 Å². The molecule has 0 heterocycles. The molecule has 2 aromatic carbocycles. The van der Waals surface area contributed by atoms with Crippen molar-refractivity contribution in [2.75, 3.05) is 12.3 Å². The van der Waals surface area contributed by atoms with Gasteiger partial charge in [-0.05, 0) is 42.3 Å². The second-order valence-corrected chi connectivity index (χ2v) is 5.90. The minimum atomic E-state index is 0.0422. The molecule has 2 N–H and O–H groups in total. The number of rotatable bonds is 5. The van der Waals surface area contributed by atoms with E-state index >= 15 is 0 Å². The molecule has 0 fully saturated rings. The lowest BCUT2D eigenvalue weighted by atomic mass is 10.1. The predicted octanol–water partition coefficient (Wildman–Crippen LogP) is 4.08. The minimum Gasteiger partial charge on any atom is -0.399 e. The van der Waals surface area contributed by atoms with Crippen molar-refractivity contribution >= 4 is 27.5 Å². The molecule has 110 valence electrons. The first kappa shape index (κ1) is 15.6. The number of carbonyl (C=O) groups excluding carboxylic acids is 1. The monoisotopic (exact) mass is 346 g/mol. The van der Waals surface area contributed by atoms with Crippen LogP contribution in [-0.4, -0.2) is 17.4 Å². The molecule has 1 amide bonds. The average molecular weight is 347 g/mol. The Balaban J connectivity index is 2.20. The van der Waals surface area contributed by atoms with E-state index in [4.69, 9.17) is 5.73 Å². The van der Waals surface area contributed by atoms with Crippen LogP contribution in [0, 0.1) is 0 Å². The van der Waals surface area contributed by atoms with E-state index < -0.39 is 0 Å². The van der Waals surface area contributed by atoms with Crippen LogP contribution in [0.15, 0.2) is 53.0 Å². The largest absolute Gasteiger partial charge is 0.399 e. The Kier molecular flexibility index (Phi) is 5.39. The van der Waals surface area contributed by atoms with Crippen LogP contribution in [0.25, 0.3) is 0 Å². The second-order valence-electron chi connectivity index (χ2n) is 4.98. The van der Waals surface area contributed by atoms with E-state index in [1.54, 1.807) is 0 Å². The SMILES string of the molecule is CCCN(Cc1cccc(N)c1)C(=O)c1cccc(Br)c1. The Morgan fingerprint density at radius 2 is 1.95 bits per heavy atom. The second kappa shape index (κ2) is 7.27. The van der Waals surface area contributed by atoms with Crippen molar-refractivity contribution in [3.63, 3.8) is 0 Å². The molecule has 0 unspecified atom stereocenters. The molecule has 0 aliphatic carbocycles. The highest BCUT2D eigenvalue weighted by molar-refractivity contribution is 9.10. The van der Waals surface area contributed by atoms with Crippen LogP contribution >= 0.6 is 15.9 Å². The summed E-state index contributed by atoms with van der Waals surface area (Å²) in [6.45, 7) is 3.37. The molecule has 3 nitrogen and oxygen atoms in total. The molecule has 0 aromatic heterocycles. The van der Waals surface area contributed by atoms with Crippen molar-refractivity contribution in [1.82, 2.24) is 4.90 Å². The lowest BCUT2D eigenvalue weighted by Crippen LogP contribution is -2.31. The van der Waals surface area contributed by atoms with E-state index in [1.165, 1.54) is 0 Å². The summed E-state index contributed by atoms with van der Waals surface area (Å²) in [6, 6.07) is 15.2. The van der Waals surface area contributed by atoms with E-state index in [1.807, 2.05) is 53.4 Å². The van der Waals surface area contributed by atoms with Gasteiger partial charge in [-0.2, -0.15) is 0 Å². The zero-order valence-corrected chi connectivity index (χ0v) is 13.6. The number of nitrogen functional groups attached to an aromatic ring is 1. The van der Waals surface area contributed by atoms with Gasteiger partial charge in [0.15, 0.2) is 0 Å². The van der Waals surface area contributed by atoms with Crippen LogP contribution in [0.3, 0.4) is 0 Å². The standard InChI is InChI=1S/C17H19BrN2O/c1-2-9-20(12-13-5-3-8-16(19)10-13)17(21)14-6-4-7-15(18)11-14/h3-8,10-11H,2,9,12,19H2,1H3. The van der Waals surface area contributed by atoms with Crippen molar-refractivity contribution in [2.45, 2.75) is 19.9 Å². The van der Waals surface area contributed by atoms with Crippen LogP contribution in [-0.2, 0) is 6.54 Å². The fourth-order valence-electron chi connectivity index (χ4n) is 2.24. The first-order valence-corrected chi connectivity index (χ1v) is 7.78. The summed E-state index contributed by atoms with van der Waals surface area (Å²) in [7, 11) is 0. The highest BCUT2D eigenvalue weighted by Gasteiger charge is 2.15. The molecule has 4 heteroatoms. The molecule has 0 bridgehead atoms. The summed E-state index contributed by atoms with van der Waals surface area (Å²) in [4.78, 5) is 14.5. The lowest BCUT2D eigenvalue weighted by Gasteiger charge is -2.22. The van der Waals surface area contributed by atoms with E-state index in [-0.39, 0.29) is 5.91 Å². The van der Waals surface area contributed by atoms with E-state index in [0.29, 0.717) is 12.1 Å². The third-order valence-corrected chi connectivity index (χ3v) is 3.67. The van der Waals surface area contributed by atoms with Crippen LogP contribution in [0.5, 0.6) is 0 Å². The molecule has 0 radical (unpaired) electrons. The average Bonchev–Trinajstić information content (AvgIpc) is 2.46. The van der Waals surface area contributed by atoms with Gasteiger partial charge in [0.05, 0.1) is 0 Å². The normalized spacial score (nSPS) is 10.4. The maximum absolute atomic E-state index is 12.7. The number of benzene rings is 2. The number of nitrogens with zero attached hydrogens (tertiary/aromatic N) is 1.